The number of para-hydroxylation sites is 2. The third-order valence-corrected chi connectivity index (χ3v) is 9.21. The predicted molar refractivity (Wildman–Crippen MR) is 183 cm³/mol. The topological polar surface area (TPSA) is 75.5 Å². The zero-order chi connectivity index (χ0) is 31.9. The van der Waals surface area contributed by atoms with Crippen LogP contribution in [-0.2, 0) is 11.3 Å². The Balaban J connectivity index is 1.09. The van der Waals surface area contributed by atoms with Crippen LogP contribution < -0.4 is 0 Å². The first-order chi connectivity index (χ1) is 23.1. The van der Waals surface area contributed by atoms with Gasteiger partial charge in [-0.3, -0.25) is 4.90 Å². The van der Waals surface area contributed by atoms with Crippen LogP contribution in [0.15, 0.2) is 103 Å². The number of ether oxygens (including phenoxy) is 1. The number of halogens is 1. The summed E-state index contributed by atoms with van der Waals surface area (Å²) in [4.78, 5) is 29.0. The number of piperidine rings is 1. The van der Waals surface area contributed by atoms with Gasteiger partial charge >= 0.3 is 5.97 Å². The van der Waals surface area contributed by atoms with E-state index in [-0.39, 0.29) is 18.4 Å². The molecule has 0 atom stereocenters. The second-order valence-corrected chi connectivity index (χ2v) is 12.2. The van der Waals surface area contributed by atoms with Crippen molar-refractivity contribution in [1.82, 2.24) is 24.3 Å². The summed E-state index contributed by atoms with van der Waals surface area (Å²) in [5, 5.41) is 0. The molecule has 0 amide bonds. The highest BCUT2D eigenvalue weighted by Crippen LogP contribution is 2.36. The fourth-order valence-corrected chi connectivity index (χ4v) is 6.89. The van der Waals surface area contributed by atoms with Crippen LogP contribution in [0, 0.1) is 5.82 Å². The van der Waals surface area contributed by atoms with Crippen LogP contribution in [0.1, 0.15) is 47.4 Å². The van der Waals surface area contributed by atoms with E-state index >= 15 is 0 Å². The molecule has 1 saturated heterocycles. The normalized spacial score (nSPS) is 14.3. The number of imidazole rings is 1. The van der Waals surface area contributed by atoms with Crippen LogP contribution in [0.3, 0.4) is 0 Å². The molecule has 4 heterocycles. The number of aromatic nitrogens is 4. The summed E-state index contributed by atoms with van der Waals surface area (Å²) in [6.07, 6.45) is 1.99. The minimum atomic E-state index is -0.361. The number of nitrogens with zero attached hydrogens (tertiary/aromatic N) is 4. The number of rotatable bonds is 7. The smallest absolute Gasteiger partial charge is 0.340 e. The van der Waals surface area contributed by atoms with Crippen molar-refractivity contribution in [2.75, 3.05) is 19.7 Å². The molecular formula is C39H34FN5O2. The number of H-pyrrole nitrogens is 1. The number of aromatic amines is 1. The number of benzene rings is 4. The van der Waals surface area contributed by atoms with Crippen LogP contribution >= 0.6 is 0 Å². The predicted octanol–water partition coefficient (Wildman–Crippen LogP) is 8.39. The molecule has 8 rings (SSSR count). The Morgan fingerprint density at radius 1 is 0.872 bits per heavy atom. The minimum Gasteiger partial charge on any atom is -0.462 e. The second kappa shape index (κ2) is 12.1. The Hall–Kier alpha value is -5.34. The fourth-order valence-electron chi connectivity index (χ4n) is 6.89. The molecule has 47 heavy (non-hydrogen) atoms. The number of hydrogen-bond acceptors (Lipinski definition) is 5. The summed E-state index contributed by atoms with van der Waals surface area (Å²) in [5.41, 5.74) is 9.40. The van der Waals surface area contributed by atoms with Crippen molar-refractivity contribution in [2.24, 2.45) is 0 Å². The van der Waals surface area contributed by atoms with Gasteiger partial charge in [0.1, 0.15) is 11.6 Å². The van der Waals surface area contributed by atoms with Crippen molar-refractivity contribution in [3.05, 3.63) is 126 Å². The molecule has 0 saturated carbocycles. The van der Waals surface area contributed by atoms with Crippen molar-refractivity contribution in [3.63, 3.8) is 0 Å². The van der Waals surface area contributed by atoms with Crippen molar-refractivity contribution in [3.8, 4) is 22.5 Å². The monoisotopic (exact) mass is 623 g/mol. The van der Waals surface area contributed by atoms with E-state index in [9.17, 15) is 9.18 Å². The van der Waals surface area contributed by atoms with Crippen LogP contribution in [-0.4, -0.2) is 49.9 Å². The minimum absolute atomic E-state index is 0.251. The Bertz CT molecular complexity index is 2230. The van der Waals surface area contributed by atoms with E-state index in [1.807, 2.05) is 55.5 Å². The maximum Gasteiger partial charge on any atom is 0.340 e. The molecule has 7 nitrogen and oxygen atoms in total. The summed E-state index contributed by atoms with van der Waals surface area (Å²) < 4.78 is 21.4. The molecule has 1 N–H and O–H groups in total. The quantitative estimate of drug-likeness (QED) is 0.181. The molecule has 0 radical (unpaired) electrons. The lowest BCUT2D eigenvalue weighted by Crippen LogP contribution is -2.32. The lowest BCUT2D eigenvalue weighted by Gasteiger charge is -2.31. The number of nitrogens with one attached hydrogen (secondary N) is 1. The number of carbonyl (C=O) groups is 1. The first kappa shape index (κ1) is 29.1. The van der Waals surface area contributed by atoms with Crippen LogP contribution in [0.25, 0.3) is 50.1 Å². The number of carbonyl (C=O) groups excluding carboxylic acids is 1. The maximum atomic E-state index is 13.7. The SMILES string of the molecule is CCOC(=O)c1cc(-c2ccccc2)n2c1c(-c1ccc(CN3CCC(c4nc5ccc(F)cc5[nH]4)CC3)cc1)nc1ccccc12. The highest BCUT2D eigenvalue weighted by molar-refractivity contribution is 6.06. The van der Waals surface area contributed by atoms with Crippen LogP contribution in [0.2, 0.25) is 0 Å². The van der Waals surface area contributed by atoms with E-state index in [2.05, 4.69) is 50.7 Å². The Morgan fingerprint density at radius 3 is 2.43 bits per heavy atom. The third kappa shape index (κ3) is 5.44. The summed E-state index contributed by atoms with van der Waals surface area (Å²) in [6.45, 7) is 4.87. The van der Waals surface area contributed by atoms with E-state index in [1.54, 1.807) is 6.07 Å². The van der Waals surface area contributed by atoms with Gasteiger partial charge in [0.2, 0.25) is 0 Å². The van der Waals surface area contributed by atoms with Gasteiger partial charge in [-0.1, -0.05) is 66.7 Å². The number of likely N-dealkylation sites (tertiary alicyclic amines) is 1. The summed E-state index contributed by atoms with van der Waals surface area (Å²) in [7, 11) is 0. The van der Waals surface area contributed by atoms with Gasteiger partial charge in [-0.25, -0.2) is 19.2 Å². The van der Waals surface area contributed by atoms with Gasteiger partial charge in [0, 0.05) is 18.0 Å². The average Bonchev–Trinajstić information content (AvgIpc) is 3.72. The van der Waals surface area contributed by atoms with Gasteiger partial charge in [0.25, 0.3) is 0 Å². The van der Waals surface area contributed by atoms with E-state index in [4.69, 9.17) is 14.7 Å². The zero-order valence-corrected chi connectivity index (χ0v) is 26.1. The molecule has 1 aliphatic rings. The second-order valence-electron chi connectivity index (χ2n) is 12.2. The summed E-state index contributed by atoms with van der Waals surface area (Å²) >= 11 is 0. The van der Waals surface area contributed by atoms with Gasteiger partial charge in [-0.15, -0.1) is 0 Å². The molecular weight excluding hydrogens is 589 g/mol. The van der Waals surface area contributed by atoms with Gasteiger partial charge < -0.3 is 14.1 Å². The number of esters is 1. The van der Waals surface area contributed by atoms with Gasteiger partial charge in [0.15, 0.2) is 0 Å². The molecule has 0 bridgehead atoms. The van der Waals surface area contributed by atoms with E-state index in [0.717, 1.165) is 88.4 Å². The van der Waals surface area contributed by atoms with Crippen molar-refractivity contribution in [1.29, 1.82) is 0 Å². The Labute approximate surface area is 271 Å². The first-order valence-electron chi connectivity index (χ1n) is 16.2. The van der Waals surface area contributed by atoms with Crippen LogP contribution in [0.5, 0.6) is 0 Å². The van der Waals surface area contributed by atoms with E-state index < -0.39 is 0 Å². The number of fused-ring (bicyclic) bond motifs is 4. The molecule has 1 aliphatic heterocycles. The fraction of sp³-hybridized carbons (Fsp3) is 0.205. The molecule has 8 heteroatoms. The standard InChI is InChI=1S/C39H34FN5O2/c1-2-47-39(46)30-23-35(26-8-4-3-5-9-26)45-34-11-7-6-10-32(34)41-36(37(30)45)27-14-12-25(13-15-27)24-44-20-18-28(19-21-44)38-42-31-17-16-29(40)22-33(31)43-38/h3-17,22-23,28H,2,18-21,24H2,1H3,(H,42,43). The average molecular weight is 624 g/mol. The molecule has 0 spiro atoms. The maximum absolute atomic E-state index is 13.7. The van der Waals surface area contributed by atoms with Crippen molar-refractivity contribution >= 4 is 33.6 Å². The number of hydrogen-bond donors (Lipinski definition) is 1. The van der Waals surface area contributed by atoms with Gasteiger partial charge in [0.05, 0.1) is 51.1 Å². The zero-order valence-electron chi connectivity index (χ0n) is 26.1. The first-order valence-corrected chi connectivity index (χ1v) is 16.2. The van der Waals surface area contributed by atoms with Crippen LogP contribution in [0.4, 0.5) is 4.39 Å². The molecule has 1 fully saturated rings. The molecule has 3 aromatic heterocycles. The lowest BCUT2D eigenvalue weighted by atomic mass is 9.95. The Morgan fingerprint density at radius 2 is 1.64 bits per heavy atom. The molecule has 0 unspecified atom stereocenters. The summed E-state index contributed by atoms with van der Waals surface area (Å²) in [6, 6.07) is 33.3. The van der Waals surface area contributed by atoms with Crippen molar-refractivity contribution in [2.45, 2.75) is 32.2 Å². The van der Waals surface area contributed by atoms with Crippen molar-refractivity contribution < 1.29 is 13.9 Å². The summed E-state index contributed by atoms with van der Waals surface area (Å²) in [5.74, 6) is 0.674. The molecule has 4 aromatic carbocycles. The van der Waals surface area contributed by atoms with Gasteiger partial charge in [-0.05, 0) is 80.4 Å². The largest absolute Gasteiger partial charge is 0.462 e. The third-order valence-electron chi connectivity index (χ3n) is 9.21. The molecule has 0 aliphatic carbocycles. The lowest BCUT2D eigenvalue weighted by molar-refractivity contribution is 0.0529. The molecule has 234 valence electrons. The van der Waals surface area contributed by atoms with Gasteiger partial charge in [-0.2, -0.15) is 0 Å². The highest BCUT2D eigenvalue weighted by atomic mass is 19.1. The van der Waals surface area contributed by atoms with E-state index in [0.29, 0.717) is 11.5 Å². The molecule has 7 aromatic rings. The van der Waals surface area contributed by atoms with E-state index in [1.165, 1.54) is 17.7 Å². The Kier molecular flexibility index (Phi) is 7.50. The highest BCUT2D eigenvalue weighted by Gasteiger charge is 2.25.